The van der Waals surface area contributed by atoms with Gasteiger partial charge in [0.25, 0.3) is 6.20 Å². The number of aliphatic imine (C=N–C) groups is 1. The van der Waals surface area contributed by atoms with Crippen molar-refractivity contribution in [1.82, 2.24) is 10.3 Å². The third kappa shape index (κ3) is 2.91. The zero-order valence-corrected chi connectivity index (χ0v) is 15.8. The molecule has 140 valence electrons. The highest BCUT2D eigenvalue weighted by atomic mass is 32.1. The minimum atomic E-state index is -0.449. The Bertz CT molecular complexity index is 1200. The van der Waals surface area contributed by atoms with Crippen LogP contribution < -0.4 is 15.5 Å². The van der Waals surface area contributed by atoms with Gasteiger partial charge in [-0.15, -0.1) is 11.3 Å². The van der Waals surface area contributed by atoms with E-state index in [2.05, 4.69) is 16.3 Å². The van der Waals surface area contributed by atoms with Crippen LogP contribution in [-0.2, 0) is 12.8 Å². The number of thiophene rings is 1. The van der Waals surface area contributed by atoms with Crippen molar-refractivity contribution in [3.63, 3.8) is 0 Å². The monoisotopic (exact) mass is 391 g/mol. The summed E-state index contributed by atoms with van der Waals surface area (Å²) in [6, 6.07) is 11.5. The quantitative estimate of drug-likeness (QED) is 0.328. The average Bonchev–Trinajstić information content (AvgIpc) is 3.32. The lowest BCUT2D eigenvalue weighted by Crippen LogP contribution is -2.30. The number of benzene rings is 1. The van der Waals surface area contributed by atoms with Gasteiger partial charge in [0.1, 0.15) is 4.83 Å². The summed E-state index contributed by atoms with van der Waals surface area (Å²) in [5.74, 6) is -0.326. The summed E-state index contributed by atoms with van der Waals surface area (Å²) >= 11 is 1.28. The Morgan fingerprint density at radius 1 is 1.21 bits per heavy atom. The smallest absolute Gasteiger partial charge is 0.321 e. The van der Waals surface area contributed by atoms with Gasteiger partial charge in [-0.05, 0) is 42.0 Å². The van der Waals surface area contributed by atoms with E-state index in [0.29, 0.717) is 10.6 Å². The van der Waals surface area contributed by atoms with Gasteiger partial charge in [-0.25, -0.2) is 9.98 Å². The molecule has 0 fully saturated rings. The molecule has 5 rings (SSSR count). The molecule has 0 bridgehead atoms. The number of hydrogen-bond donors (Lipinski definition) is 1. The molecule has 28 heavy (non-hydrogen) atoms. The van der Waals surface area contributed by atoms with Crippen molar-refractivity contribution in [3.8, 4) is 5.69 Å². The first-order chi connectivity index (χ1) is 13.7. The number of nitrogens with zero attached hydrogens (tertiary/aromatic N) is 4. The number of aryl methyl sites for hydroxylation is 2. The van der Waals surface area contributed by atoms with E-state index in [9.17, 15) is 5.11 Å². The van der Waals surface area contributed by atoms with E-state index in [4.69, 9.17) is 15.2 Å². The summed E-state index contributed by atoms with van der Waals surface area (Å²) in [5.41, 5.74) is 9.87. The fourth-order valence-corrected chi connectivity index (χ4v) is 4.44. The van der Waals surface area contributed by atoms with Crippen LogP contribution in [0.2, 0.25) is 0 Å². The number of nitrogen functional groups attached to an aromatic ring is 1. The second-order valence-corrected chi connectivity index (χ2v) is 7.74. The standard InChI is InChI=1S/C20H17N5O2S/c21-17-14-10-12-6-4-5-9-15(12)22-20(14)28-18(17)19(26)23-16-11-25(24-27-16)13-7-2-1-3-8-13/h1-3,7-8,10-11H,4-6,9H2,(H2-,21,23,24,26). The van der Waals surface area contributed by atoms with Crippen molar-refractivity contribution in [2.75, 3.05) is 5.73 Å². The molecule has 0 radical (unpaired) electrons. The molecular weight excluding hydrogens is 374 g/mol. The van der Waals surface area contributed by atoms with Crippen molar-refractivity contribution >= 4 is 39.0 Å². The predicted octanol–water partition coefficient (Wildman–Crippen LogP) is 2.46. The van der Waals surface area contributed by atoms with Crippen molar-refractivity contribution in [2.45, 2.75) is 25.7 Å². The van der Waals surface area contributed by atoms with Crippen LogP contribution in [0.5, 0.6) is 0 Å². The molecule has 1 aromatic carbocycles. The lowest BCUT2D eigenvalue weighted by molar-refractivity contribution is -0.670. The van der Waals surface area contributed by atoms with Crippen molar-refractivity contribution in [1.29, 1.82) is 0 Å². The van der Waals surface area contributed by atoms with Crippen LogP contribution in [0.15, 0.2) is 52.1 Å². The van der Waals surface area contributed by atoms with Crippen LogP contribution in [0.4, 0.5) is 11.6 Å². The lowest BCUT2D eigenvalue weighted by atomic mass is 9.95. The first-order valence-corrected chi connectivity index (χ1v) is 9.91. The fraction of sp³-hybridized carbons (Fsp3) is 0.200. The summed E-state index contributed by atoms with van der Waals surface area (Å²) < 4.78 is 6.70. The molecule has 0 spiro atoms. The van der Waals surface area contributed by atoms with Crippen LogP contribution in [0.25, 0.3) is 15.9 Å². The molecule has 0 unspecified atom stereocenters. The van der Waals surface area contributed by atoms with E-state index in [1.165, 1.54) is 21.6 Å². The van der Waals surface area contributed by atoms with Gasteiger partial charge in [0.2, 0.25) is 11.0 Å². The molecular formula is C20H17N5O2S. The zero-order chi connectivity index (χ0) is 19.1. The largest absolute Gasteiger partial charge is 0.857 e. The SMILES string of the molecule is Nc1c(/C([O-])=N/c2c[n+](-c3ccccc3)no2)sc2nc3c(cc12)CCCC3. The highest BCUT2D eigenvalue weighted by Gasteiger charge is 2.18. The third-order valence-electron chi connectivity index (χ3n) is 4.88. The van der Waals surface area contributed by atoms with Crippen molar-refractivity contribution < 1.29 is 14.3 Å². The van der Waals surface area contributed by atoms with Gasteiger partial charge in [0.05, 0.1) is 10.6 Å². The fourth-order valence-electron chi connectivity index (χ4n) is 3.46. The van der Waals surface area contributed by atoms with Gasteiger partial charge in [0, 0.05) is 29.1 Å². The number of aromatic nitrogens is 3. The highest BCUT2D eigenvalue weighted by Crippen LogP contribution is 2.35. The number of anilines is 1. The molecule has 0 amide bonds. The Balaban J connectivity index is 1.51. The van der Waals surface area contributed by atoms with E-state index in [1.807, 2.05) is 30.3 Å². The summed E-state index contributed by atoms with van der Waals surface area (Å²) in [4.78, 5) is 9.95. The molecule has 0 atom stereocenters. The maximum Gasteiger partial charge on any atom is 0.321 e. The second kappa shape index (κ2) is 6.72. The molecule has 7 nitrogen and oxygen atoms in total. The third-order valence-corrected chi connectivity index (χ3v) is 5.98. The molecule has 0 aliphatic heterocycles. The second-order valence-electron chi connectivity index (χ2n) is 6.74. The van der Waals surface area contributed by atoms with Crippen LogP contribution in [0.1, 0.15) is 29.0 Å². The summed E-state index contributed by atoms with van der Waals surface area (Å²) in [5, 5.41) is 17.5. The van der Waals surface area contributed by atoms with Gasteiger partial charge in [-0.1, -0.05) is 18.2 Å². The topological polar surface area (TPSA) is 104 Å². The molecule has 8 heteroatoms. The van der Waals surface area contributed by atoms with E-state index in [0.717, 1.165) is 47.3 Å². The van der Waals surface area contributed by atoms with Crippen LogP contribution in [-0.4, -0.2) is 16.2 Å². The number of para-hydroxylation sites is 1. The summed E-state index contributed by atoms with van der Waals surface area (Å²) in [6.07, 6.45) is 5.87. The molecule has 3 heterocycles. The van der Waals surface area contributed by atoms with Crippen molar-refractivity contribution in [3.05, 3.63) is 58.7 Å². The normalized spacial score (nSPS) is 14.4. The Morgan fingerprint density at radius 2 is 2.04 bits per heavy atom. The first-order valence-electron chi connectivity index (χ1n) is 9.10. The van der Waals surface area contributed by atoms with Gasteiger partial charge in [-0.3, -0.25) is 4.52 Å². The molecule has 4 aromatic rings. The Kier molecular flexibility index (Phi) is 4.05. The summed E-state index contributed by atoms with van der Waals surface area (Å²) in [7, 11) is 0. The highest BCUT2D eigenvalue weighted by molar-refractivity contribution is 7.21. The van der Waals surface area contributed by atoms with E-state index in [-0.39, 0.29) is 5.88 Å². The van der Waals surface area contributed by atoms with Gasteiger partial charge in [-0.2, -0.15) is 0 Å². The predicted molar refractivity (Wildman–Crippen MR) is 105 cm³/mol. The Labute approximate surface area is 164 Å². The number of pyridine rings is 1. The zero-order valence-electron chi connectivity index (χ0n) is 15.0. The van der Waals surface area contributed by atoms with Gasteiger partial charge >= 0.3 is 5.88 Å². The van der Waals surface area contributed by atoms with Crippen LogP contribution in [0, 0.1) is 0 Å². The maximum absolute atomic E-state index is 12.7. The summed E-state index contributed by atoms with van der Waals surface area (Å²) in [6.45, 7) is 0. The molecule has 1 aliphatic rings. The van der Waals surface area contributed by atoms with Gasteiger partial charge in [0.15, 0.2) is 0 Å². The number of rotatable bonds is 3. The molecule has 1 aliphatic carbocycles. The number of hydrogen-bond acceptors (Lipinski definition) is 7. The maximum atomic E-state index is 12.7. The molecule has 3 aromatic heterocycles. The Morgan fingerprint density at radius 3 is 2.89 bits per heavy atom. The minimum absolute atomic E-state index is 0.123. The average molecular weight is 391 g/mol. The molecule has 0 saturated heterocycles. The Hall–Kier alpha value is -3.26. The number of fused-ring (bicyclic) bond motifs is 2. The molecule has 0 saturated carbocycles. The minimum Gasteiger partial charge on any atom is -0.857 e. The first kappa shape index (κ1) is 16.9. The van der Waals surface area contributed by atoms with Crippen molar-refractivity contribution in [2.24, 2.45) is 4.99 Å². The van der Waals surface area contributed by atoms with E-state index >= 15 is 0 Å². The lowest BCUT2D eigenvalue weighted by Gasteiger charge is -2.14. The van der Waals surface area contributed by atoms with E-state index < -0.39 is 5.90 Å². The van der Waals surface area contributed by atoms with Crippen LogP contribution in [0.3, 0.4) is 0 Å². The van der Waals surface area contributed by atoms with Crippen LogP contribution >= 0.6 is 11.3 Å². The number of nitrogens with two attached hydrogens (primary N) is 1. The molecule has 2 N–H and O–H groups in total. The van der Waals surface area contributed by atoms with Gasteiger partial charge < -0.3 is 10.8 Å². The van der Waals surface area contributed by atoms with E-state index in [1.54, 1.807) is 6.20 Å².